The Hall–Kier alpha value is -2.16. The maximum absolute atomic E-state index is 13.7. The van der Waals surface area contributed by atoms with Gasteiger partial charge < -0.3 is 14.4 Å². The summed E-state index contributed by atoms with van der Waals surface area (Å²) in [5.74, 6) is -1.93. The van der Waals surface area contributed by atoms with Crippen LogP contribution in [0.15, 0.2) is 18.2 Å². The Bertz CT molecular complexity index is 821. The number of rotatable bonds is 6. The van der Waals surface area contributed by atoms with E-state index in [1.807, 2.05) is 0 Å². The van der Waals surface area contributed by atoms with Gasteiger partial charge in [-0.2, -0.15) is 0 Å². The van der Waals surface area contributed by atoms with Gasteiger partial charge in [0.1, 0.15) is 0 Å². The largest absolute Gasteiger partial charge is 0.494 e. The molecule has 3 rings (SSSR count). The third-order valence-electron chi connectivity index (χ3n) is 4.54. The lowest BCUT2D eigenvalue weighted by molar-refractivity contribution is -0.137. The second-order valence-corrected chi connectivity index (χ2v) is 8.74. The summed E-state index contributed by atoms with van der Waals surface area (Å²) in [6, 6.07) is 3.27. The molecule has 1 aliphatic heterocycles. The monoisotopic (exact) mass is 385 g/mol. The standard InChI is InChI=1S/C17H20FNO6S/c1-24-15-5-2-11(8-14(15)18)17(21)25-9-16(20)19(12-3-4-12)13-6-7-26(22,23)10-13/h2,5,8,12-13H,3-4,6-7,9-10H2,1H3/t13-/m0/s1. The van der Waals surface area contributed by atoms with Crippen LogP contribution < -0.4 is 4.74 Å². The molecule has 1 saturated carbocycles. The smallest absolute Gasteiger partial charge is 0.338 e. The van der Waals surface area contributed by atoms with E-state index in [0.717, 1.165) is 18.9 Å². The highest BCUT2D eigenvalue weighted by atomic mass is 32.2. The van der Waals surface area contributed by atoms with Gasteiger partial charge in [-0.25, -0.2) is 17.6 Å². The van der Waals surface area contributed by atoms with Gasteiger partial charge in [0.2, 0.25) is 0 Å². The molecule has 142 valence electrons. The summed E-state index contributed by atoms with van der Waals surface area (Å²) in [7, 11) is -1.81. The number of methoxy groups -OCH3 is 1. The van der Waals surface area contributed by atoms with Crippen LogP contribution in [0.2, 0.25) is 0 Å². The van der Waals surface area contributed by atoms with E-state index >= 15 is 0 Å². The number of ether oxygens (including phenoxy) is 2. The number of nitrogens with zero attached hydrogens (tertiary/aromatic N) is 1. The lowest BCUT2D eigenvalue weighted by Crippen LogP contribution is -2.44. The molecule has 1 aliphatic carbocycles. The molecule has 26 heavy (non-hydrogen) atoms. The number of carbonyl (C=O) groups excluding carboxylic acids is 2. The van der Waals surface area contributed by atoms with Crippen molar-refractivity contribution in [3.63, 3.8) is 0 Å². The number of hydrogen-bond acceptors (Lipinski definition) is 6. The molecule has 0 spiro atoms. The second kappa shape index (κ2) is 7.22. The maximum atomic E-state index is 13.7. The lowest BCUT2D eigenvalue weighted by atomic mass is 10.2. The van der Waals surface area contributed by atoms with E-state index in [4.69, 9.17) is 9.47 Å². The SMILES string of the molecule is COc1ccc(C(=O)OCC(=O)N(C2CC2)[C@H]2CCS(=O)(=O)C2)cc1F. The average molecular weight is 385 g/mol. The fraction of sp³-hybridized carbons (Fsp3) is 0.529. The van der Waals surface area contributed by atoms with Gasteiger partial charge in [-0.05, 0) is 37.5 Å². The molecular weight excluding hydrogens is 365 g/mol. The molecule has 0 bridgehead atoms. The van der Waals surface area contributed by atoms with Crippen LogP contribution in [0.4, 0.5) is 4.39 Å². The maximum Gasteiger partial charge on any atom is 0.338 e. The number of halogens is 1. The van der Waals surface area contributed by atoms with Crippen molar-refractivity contribution in [3.8, 4) is 5.75 Å². The summed E-state index contributed by atoms with van der Waals surface area (Å²) in [5.41, 5.74) is -0.0301. The van der Waals surface area contributed by atoms with E-state index in [1.165, 1.54) is 19.2 Å². The Labute approximate surface area is 151 Å². The third kappa shape index (κ3) is 4.14. The van der Waals surface area contributed by atoms with Crippen molar-refractivity contribution < 1.29 is 31.9 Å². The Morgan fingerprint density at radius 2 is 1.96 bits per heavy atom. The summed E-state index contributed by atoms with van der Waals surface area (Å²) in [5, 5.41) is 0. The second-order valence-electron chi connectivity index (χ2n) is 6.51. The van der Waals surface area contributed by atoms with Crippen LogP contribution >= 0.6 is 0 Å². The molecule has 0 N–H and O–H groups in total. The lowest BCUT2D eigenvalue weighted by Gasteiger charge is -2.28. The first-order valence-electron chi connectivity index (χ1n) is 8.33. The summed E-state index contributed by atoms with van der Waals surface area (Å²) in [6.45, 7) is -0.500. The first kappa shape index (κ1) is 18.6. The normalized spacial score (nSPS) is 21.2. The van der Waals surface area contributed by atoms with Crippen LogP contribution in [0.3, 0.4) is 0 Å². The number of hydrogen-bond donors (Lipinski definition) is 0. The molecule has 1 atom stereocenters. The zero-order valence-electron chi connectivity index (χ0n) is 14.3. The number of sulfone groups is 1. The molecule has 0 unspecified atom stereocenters. The molecular formula is C17H20FNO6S. The molecule has 7 nitrogen and oxygen atoms in total. The minimum atomic E-state index is -3.12. The number of esters is 1. The highest BCUT2D eigenvalue weighted by molar-refractivity contribution is 7.91. The van der Waals surface area contributed by atoms with Crippen molar-refractivity contribution in [1.29, 1.82) is 0 Å². The fourth-order valence-corrected chi connectivity index (χ4v) is 4.84. The third-order valence-corrected chi connectivity index (χ3v) is 6.29. The van der Waals surface area contributed by atoms with Crippen LogP contribution in [0, 0.1) is 5.82 Å². The van der Waals surface area contributed by atoms with Gasteiger partial charge in [0.15, 0.2) is 28.0 Å². The van der Waals surface area contributed by atoms with E-state index in [0.29, 0.717) is 6.42 Å². The summed E-state index contributed by atoms with van der Waals surface area (Å²) >= 11 is 0. The van der Waals surface area contributed by atoms with E-state index < -0.39 is 34.1 Å². The highest BCUT2D eigenvalue weighted by Crippen LogP contribution is 2.32. The van der Waals surface area contributed by atoms with E-state index in [9.17, 15) is 22.4 Å². The van der Waals surface area contributed by atoms with Crippen molar-refractivity contribution in [2.45, 2.75) is 31.3 Å². The highest BCUT2D eigenvalue weighted by Gasteiger charge is 2.42. The Balaban J connectivity index is 1.61. The summed E-state index contributed by atoms with van der Waals surface area (Å²) < 4.78 is 46.8. The quantitative estimate of drug-likeness (QED) is 0.683. The van der Waals surface area contributed by atoms with Gasteiger partial charge in [-0.3, -0.25) is 4.79 Å². The number of carbonyl (C=O) groups is 2. The van der Waals surface area contributed by atoms with E-state index in [2.05, 4.69) is 0 Å². The van der Waals surface area contributed by atoms with Gasteiger partial charge >= 0.3 is 5.97 Å². The van der Waals surface area contributed by atoms with Crippen LogP contribution in [-0.2, 0) is 19.4 Å². The first-order valence-corrected chi connectivity index (χ1v) is 10.1. The molecule has 1 saturated heterocycles. The Morgan fingerprint density at radius 1 is 1.23 bits per heavy atom. The number of benzene rings is 1. The molecule has 1 amide bonds. The van der Waals surface area contributed by atoms with Gasteiger partial charge in [-0.1, -0.05) is 0 Å². The summed E-state index contributed by atoms with van der Waals surface area (Å²) in [6.07, 6.45) is 2.04. The van der Waals surface area contributed by atoms with Crippen molar-refractivity contribution >= 4 is 21.7 Å². The zero-order valence-corrected chi connectivity index (χ0v) is 15.1. The van der Waals surface area contributed by atoms with Crippen LogP contribution in [0.5, 0.6) is 5.75 Å². The Morgan fingerprint density at radius 3 is 2.50 bits per heavy atom. The minimum absolute atomic E-state index is 0.0000207. The molecule has 2 aliphatic rings. The van der Waals surface area contributed by atoms with Crippen molar-refractivity contribution in [3.05, 3.63) is 29.6 Å². The van der Waals surface area contributed by atoms with Crippen molar-refractivity contribution in [2.75, 3.05) is 25.2 Å². The topological polar surface area (TPSA) is 90.0 Å². The van der Waals surface area contributed by atoms with Gasteiger partial charge in [0.25, 0.3) is 5.91 Å². The zero-order chi connectivity index (χ0) is 18.9. The molecule has 1 aromatic rings. The van der Waals surface area contributed by atoms with Crippen LogP contribution in [-0.4, -0.2) is 62.5 Å². The number of amides is 1. The summed E-state index contributed by atoms with van der Waals surface area (Å²) in [4.78, 5) is 26.1. The van der Waals surface area contributed by atoms with Gasteiger partial charge in [-0.15, -0.1) is 0 Å². The molecule has 2 fully saturated rings. The molecule has 9 heteroatoms. The van der Waals surface area contributed by atoms with Crippen LogP contribution in [0.1, 0.15) is 29.6 Å². The van der Waals surface area contributed by atoms with E-state index in [1.54, 1.807) is 4.90 Å². The minimum Gasteiger partial charge on any atom is -0.494 e. The predicted octanol–water partition coefficient (Wildman–Crippen LogP) is 1.17. The van der Waals surface area contributed by atoms with Gasteiger partial charge in [0.05, 0.1) is 24.2 Å². The van der Waals surface area contributed by atoms with Crippen molar-refractivity contribution in [2.24, 2.45) is 0 Å². The van der Waals surface area contributed by atoms with Crippen LogP contribution in [0.25, 0.3) is 0 Å². The fourth-order valence-electron chi connectivity index (χ4n) is 3.13. The molecule has 1 heterocycles. The van der Waals surface area contributed by atoms with Gasteiger partial charge in [0, 0.05) is 12.1 Å². The molecule has 1 aromatic carbocycles. The first-order chi connectivity index (χ1) is 12.3. The van der Waals surface area contributed by atoms with E-state index in [-0.39, 0.29) is 34.9 Å². The molecule has 0 aromatic heterocycles. The predicted molar refractivity (Wildman–Crippen MR) is 90.2 cm³/mol. The average Bonchev–Trinajstić information content (AvgIpc) is 3.36. The Kier molecular flexibility index (Phi) is 5.17. The van der Waals surface area contributed by atoms with Crippen molar-refractivity contribution in [1.82, 2.24) is 4.90 Å². The molecule has 0 radical (unpaired) electrons.